The first-order valence-corrected chi connectivity index (χ1v) is 11.4. The van der Waals surface area contributed by atoms with Crippen molar-refractivity contribution in [2.24, 2.45) is 7.05 Å². The van der Waals surface area contributed by atoms with Crippen LogP contribution in [0.25, 0.3) is 34.5 Å². The van der Waals surface area contributed by atoms with E-state index < -0.39 is 0 Å². The van der Waals surface area contributed by atoms with E-state index in [4.69, 9.17) is 0 Å². The molecule has 4 aromatic rings. The fraction of sp³-hybridized carbons (Fsp3) is 0.0741. The van der Waals surface area contributed by atoms with E-state index in [0.29, 0.717) is 0 Å². The van der Waals surface area contributed by atoms with Crippen LogP contribution in [0, 0.1) is 6.92 Å². The van der Waals surface area contributed by atoms with Gasteiger partial charge in [0.1, 0.15) is 7.05 Å². The summed E-state index contributed by atoms with van der Waals surface area (Å²) >= 11 is 7.08. The van der Waals surface area contributed by atoms with Gasteiger partial charge >= 0.3 is 0 Å². The van der Waals surface area contributed by atoms with Crippen molar-refractivity contribution < 1.29 is 4.57 Å². The van der Waals surface area contributed by atoms with Gasteiger partial charge in [0.25, 0.3) is 0 Å². The predicted octanol–water partition coefficient (Wildman–Crippen LogP) is 7.85. The number of pyridine rings is 1. The largest absolute Gasteiger partial charge is 0.213 e. The summed E-state index contributed by atoms with van der Waals surface area (Å²) in [7, 11) is 2.12. The molecule has 0 unspecified atom stereocenters. The molecule has 0 saturated carbocycles. The third-order valence-electron chi connectivity index (χ3n) is 5.19. The number of hydrogen-bond acceptors (Lipinski definition) is 0. The molecule has 1 aromatic heterocycles. The molecule has 0 aliphatic rings. The van der Waals surface area contributed by atoms with Crippen molar-refractivity contribution in [3.8, 4) is 22.4 Å². The molecule has 4 rings (SSSR count). The van der Waals surface area contributed by atoms with Crippen molar-refractivity contribution in [2.45, 2.75) is 6.92 Å². The fourth-order valence-electron chi connectivity index (χ4n) is 3.41. The van der Waals surface area contributed by atoms with Gasteiger partial charge in [0, 0.05) is 32.7 Å². The van der Waals surface area contributed by atoms with Crippen LogP contribution in [-0.2, 0) is 7.05 Å². The Hall–Kier alpha value is -2.49. The molecule has 1 nitrogen and oxygen atoms in total. The van der Waals surface area contributed by atoms with E-state index in [1.54, 1.807) is 0 Å². The van der Waals surface area contributed by atoms with Gasteiger partial charge in [0.2, 0.25) is 11.4 Å². The highest BCUT2D eigenvalue weighted by molar-refractivity contribution is 9.10. The Bertz CT molecular complexity index is 1190. The lowest BCUT2D eigenvalue weighted by molar-refractivity contribution is -0.662. The van der Waals surface area contributed by atoms with Crippen molar-refractivity contribution in [1.29, 1.82) is 0 Å². The predicted molar refractivity (Wildman–Crippen MR) is 134 cm³/mol. The van der Waals surface area contributed by atoms with Crippen LogP contribution in [0.1, 0.15) is 16.8 Å². The summed E-state index contributed by atoms with van der Waals surface area (Å²) in [6.45, 7) is 2.11. The molecule has 3 aromatic carbocycles. The number of halogens is 2. The highest BCUT2D eigenvalue weighted by Gasteiger charge is 2.16. The third-order valence-corrected chi connectivity index (χ3v) is 6.24. The molecule has 0 aliphatic carbocycles. The van der Waals surface area contributed by atoms with Gasteiger partial charge < -0.3 is 0 Å². The van der Waals surface area contributed by atoms with E-state index in [1.165, 1.54) is 33.5 Å². The summed E-state index contributed by atoms with van der Waals surface area (Å²) in [5.41, 5.74) is 8.36. The number of nitrogens with zero attached hydrogens (tertiary/aromatic N) is 1. The maximum absolute atomic E-state index is 3.54. The average Bonchev–Trinajstić information content (AvgIpc) is 2.75. The zero-order chi connectivity index (χ0) is 21.1. The van der Waals surface area contributed by atoms with Crippen LogP contribution in [0.15, 0.2) is 93.9 Å². The van der Waals surface area contributed by atoms with Crippen LogP contribution in [0.5, 0.6) is 0 Å². The van der Waals surface area contributed by atoms with Crippen molar-refractivity contribution in [2.75, 3.05) is 0 Å². The molecule has 0 saturated heterocycles. The van der Waals surface area contributed by atoms with Crippen LogP contribution in [0.3, 0.4) is 0 Å². The van der Waals surface area contributed by atoms with Gasteiger partial charge in [-0.1, -0.05) is 73.8 Å². The van der Waals surface area contributed by atoms with Crippen molar-refractivity contribution in [1.82, 2.24) is 0 Å². The summed E-state index contributed by atoms with van der Waals surface area (Å²) in [6, 6.07) is 30.1. The summed E-state index contributed by atoms with van der Waals surface area (Å²) in [6.07, 6.45) is 4.36. The first-order chi connectivity index (χ1) is 14.5. The lowest BCUT2D eigenvalue weighted by Crippen LogP contribution is -2.34. The van der Waals surface area contributed by atoms with Crippen LogP contribution in [-0.4, -0.2) is 0 Å². The van der Waals surface area contributed by atoms with Gasteiger partial charge in [0.05, 0.1) is 0 Å². The van der Waals surface area contributed by atoms with Gasteiger partial charge in [-0.2, -0.15) is 4.57 Å². The molecule has 0 spiro atoms. The molecule has 0 N–H and O–H groups in total. The molecule has 0 amide bonds. The fourth-order valence-corrected chi connectivity index (χ4v) is 3.94. The molecule has 1 heterocycles. The van der Waals surface area contributed by atoms with E-state index in [-0.39, 0.29) is 0 Å². The molecule has 0 fully saturated rings. The number of hydrogen-bond donors (Lipinski definition) is 0. The van der Waals surface area contributed by atoms with E-state index >= 15 is 0 Å². The lowest BCUT2D eigenvalue weighted by Gasteiger charge is -2.08. The van der Waals surface area contributed by atoms with Crippen LogP contribution in [0.4, 0.5) is 0 Å². The minimum absolute atomic E-state index is 1.08. The SMILES string of the molecule is Cc1ccc(/C=C/c2cc(-c3ccc(Br)cc3)cc(-c3ccc(Br)cc3)[n+]2C)cc1. The Labute approximate surface area is 195 Å². The summed E-state index contributed by atoms with van der Waals surface area (Å²) in [5, 5.41) is 0. The first kappa shape index (κ1) is 20.8. The van der Waals surface area contributed by atoms with E-state index in [2.05, 4.69) is 147 Å². The second-order valence-corrected chi connectivity index (χ2v) is 9.20. The topological polar surface area (TPSA) is 3.88 Å². The van der Waals surface area contributed by atoms with Crippen LogP contribution < -0.4 is 4.57 Å². The first-order valence-electron chi connectivity index (χ1n) is 9.80. The zero-order valence-electron chi connectivity index (χ0n) is 16.9. The molecule has 0 aliphatic heterocycles. The van der Waals surface area contributed by atoms with E-state index in [1.807, 2.05) is 0 Å². The Kier molecular flexibility index (Phi) is 6.31. The van der Waals surface area contributed by atoms with Gasteiger partial charge in [-0.15, -0.1) is 0 Å². The minimum Gasteiger partial charge on any atom is -0.195 e. The average molecular weight is 520 g/mol. The lowest BCUT2D eigenvalue weighted by atomic mass is 10.0. The Morgan fingerprint density at radius 2 is 1.20 bits per heavy atom. The van der Waals surface area contributed by atoms with Crippen molar-refractivity contribution in [3.63, 3.8) is 0 Å². The third kappa shape index (κ3) is 4.80. The minimum atomic E-state index is 1.08. The number of aromatic nitrogens is 1. The Morgan fingerprint density at radius 3 is 1.80 bits per heavy atom. The second kappa shape index (κ2) is 9.11. The van der Waals surface area contributed by atoms with Gasteiger partial charge in [-0.3, -0.25) is 0 Å². The van der Waals surface area contributed by atoms with Gasteiger partial charge in [-0.25, -0.2) is 0 Å². The van der Waals surface area contributed by atoms with E-state index in [9.17, 15) is 0 Å². The van der Waals surface area contributed by atoms with Crippen LogP contribution in [0.2, 0.25) is 0 Å². The maximum Gasteiger partial charge on any atom is 0.213 e. The van der Waals surface area contributed by atoms with Crippen molar-refractivity contribution in [3.05, 3.63) is 111 Å². The summed E-state index contributed by atoms with van der Waals surface area (Å²) in [5.74, 6) is 0. The number of benzene rings is 3. The maximum atomic E-state index is 3.54. The number of rotatable bonds is 4. The standard InChI is InChI=1S/C27H22Br2N/c1-19-3-5-20(6-4-19)7-16-26-17-23(21-8-12-24(28)13-9-21)18-27(30(26)2)22-10-14-25(29)15-11-22/h3-18H,1-2H3/q+1/b16-7+. The molecular formula is C27H22Br2N+. The monoisotopic (exact) mass is 518 g/mol. The normalized spacial score (nSPS) is 11.2. The van der Waals surface area contributed by atoms with Crippen molar-refractivity contribution >= 4 is 44.0 Å². The Morgan fingerprint density at radius 1 is 0.633 bits per heavy atom. The molecular weight excluding hydrogens is 498 g/mol. The van der Waals surface area contributed by atoms with Gasteiger partial charge in [0.15, 0.2) is 0 Å². The molecule has 3 heteroatoms. The summed E-state index contributed by atoms with van der Waals surface area (Å²) < 4.78 is 4.41. The summed E-state index contributed by atoms with van der Waals surface area (Å²) in [4.78, 5) is 0. The quantitative estimate of drug-likeness (QED) is 0.242. The highest BCUT2D eigenvalue weighted by atomic mass is 79.9. The zero-order valence-corrected chi connectivity index (χ0v) is 20.1. The van der Waals surface area contributed by atoms with Crippen LogP contribution >= 0.6 is 31.9 Å². The second-order valence-electron chi connectivity index (χ2n) is 7.37. The Balaban J connectivity index is 1.84. The highest BCUT2D eigenvalue weighted by Crippen LogP contribution is 2.27. The molecule has 148 valence electrons. The molecule has 0 atom stereocenters. The number of aryl methyl sites for hydroxylation is 1. The molecule has 0 radical (unpaired) electrons. The van der Waals surface area contributed by atoms with E-state index in [0.717, 1.165) is 14.6 Å². The molecule has 0 bridgehead atoms. The molecule has 30 heavy (non-hydrogen) atoms. The smallest absolute Gasteiger partial charge is 0.195 e. The van der Waals surface area contributed by atoms with Gasteiger partial charge in [-0.05, 0) is 66.1 Å².